The number of carboxylic acid groups (broad SMARTS) is 1. The van der Waals surface area contributed by atoms with Crippen molar-refractivity contribution in [1.82, 2.24) is 9.88 Å². The first-order chi connectivity index (χ1) is 8.97. The normalized spacial score (nSPS) is 11.7. The molecule has 0 aromatic carbocycles. The van der Waals surface area contributed by atoms with Gasteiger partial charge in [0.2, 0.25) is 5.88 Å². The summed E-state index contributed by atoms with van der Waals surface area (Å²) in [6.07, 6.45) is 1.54. The number of aliphatic carboxylic acids is 1. The molecular formula is C13H18N2O4. The van der Waals surface area contributed by atoms with Gasteiger partial charge < -0.3 is 14.7 Å². The number of aromatic nitrogens is 1. The maximum absolute atomic E-state index is 12.2. The number of rotatable bonds is 6. The maximum atomic E-state index is 12.2. The Bertz CT molecular complexity index is 462. The molecule has 6 heteroatoms. The van der Waals surface area contributed by atoms with Crippen molar-refractivity contribution in [3.63, 3.8) is 0 Å². The lowest BCUT2D eigenvalue weighted by Gasteiger charge is -2.20. The Morgan fingerprint density at radius 2 is 2.21 bits per heavy atom. The van der Waals surface area contributed by atoms with Crippen LogP contribution in [0, 0.1) is 5.92 Å². The summed E-state index contributed by atoms with van der Waals surface area (Å²) < 4.78 is 5.29. The summed E-state index contributed by atoms with van der Waals surface area (Å²) in [4.78, 5) is 28.4. The molecule has 0 bridgehead atoms. The number of pyridine rings is 1. The molecule has 1 N–H and O–H groups in total. The largest absolute Gasteiger partial charge is 0.481 e. The quantitative estimate of drug-likeness (QED) is 0.838. The van der Waals surface area contributed by atoms with Crippen LogP contribution in [0.1, 0.15) is 24.2 Å². The van der Waals surface area contributed by atoms with Crippen molar-refractivity contribution in [2.24, 2.45) is 5.92 Å². The van der Waals surface area contributed by atoms with E-state index in [2.05, 4.69) is 4.98 Å². The van der Waals surface area contributed by atoms with Crippen LogP contribution in [0.4, 0.5) is 0 Å². The van der Waals surface area contributed by atoms with Gasteiger partial charge in [0.1, 0.15) is 5.56 Å². The zero-order chi connectivity index (χ0) is 14.4. The van der Waals surface area contributed by atoms with E-state index in [1.165, 1.54) is 4.90 Å². The van der Waals surface area contributed by atoms with Gasteiger partial charge in [-0.2, -0.15) is 0 Å². The SMILES string of the molecule is CCOc1ncccc1C(=O)N(C)CC(C)C(=O)O. The number of hydrogen-bond donors (Lipinski definition) is 1. The second kappa shape index (κ2) is 6.72. The van der Waals surface area contributed by atoms with Crippen molar-refractivity contribution >= 4 is 11.9 Å². The number of carbonyl (C=O) groups is 2. The molecule has 1 aromatic heterocycles. The smallest absolute Gasteiger partial charge is 0.308 e. The van der Waals surface area contributed by atoms with Crippen LogP contribution in [0.2, 0.25) is 0 Å². The number of hydrogen-bond acceptors (Lipinski definition) is 4. The highest BCUT2D eigenvalue weighted by molar-refractivity contribution is 5.96. The summed E-state index contributed by atoms with van der Waals surface area (Å²) >= 11 is 0. The number of nitrogens with zero attached hydrogens (tertiary/aromatic N) is 2. The van der Waals surface area contributed by atoms with Crippen molar-refractivity contribution in [1.29, 1.82) is 0 Å². The molecule has 1 rings (SSSR count). The van der Waals surface area contributed by atoms with E-state index in [9.17, 15) is 9.59 Å². The van der Waals surface area contributed by atoms with Crippen molar-refractivity contribution in [3.8, 4) is 5.88 Å². The van der Waals surface area contributed by atoms with E-state index >= 15 is 0 Å². The molecule has 0 fully saturated rings. The fourth-order valence-electron chi connectivity index (χ4n) is 1.58. The van der Waals surface area contributed by atoms with Gasteiger partial charge in [-0.15, -0.1) is 0 Å². The summed E-state index contributed by atoms with van der Waals surface area (Å²) in [7, 11) is 1.56. The highest BCUT2D eigenvalue weighted by Crippen LogP contribution is 2.16. The minimum absolute atomic E-state index is 0.134. The van der Waals surface area contributed by atoms with E-state index in [1.54, 1.807) is 39.2 Å². The number of carboxylic acids is 1. The lowest BCUT2D eigenvalue weighted by atomic mass is 10.1. The molecule has 0 saturated carbocycles. The monoisotopic (exact) mass is 266 g/mol. The molecule has 1 aromatic rings. The summed E-state index contributed by atoms with van der Waals surface area (Å²) in [6.45, 7) is 3.90. The molecule has 0 saturated heterocycles. The Kier molecular flexibility index (Phi) is 5.29. The van der Waals surface area contributed by atoms with Crippen LogP contribution in [0.5, 0.6) is 5.88 Å². The minimum atomic E-state index is -0.934. The predicted octanol–water partition coefficient (Wildman–Crippen LogP) is 1.27. The second-order valence-corrected chi connectivity index (χ2v) is 4.21. The Balaban J connectivity index is 2.85. The van der Waals surface area contributed by atoms with Crippen LogP contribution < -0.4 is 4.74 Å². The third-order valence-electron chi connectivity index (χ3n) is 2.60. The van der Waals surface area contributed by atoms with Crippen LogP contribution in [0.3, 0.4) is 0 Å². The van der Waals surface area contributed by atoms with Gasteiger partial charge >= 0.3 is 5.97 Å². The van der Waals surface area contributed by atoms with E-state index in [4.69, 9.17) is 9.84 Å². The highest BCUT2D eigenvalue weighted by atomic mass is 16.5. The first-order valence-electron chi connectivity index (χ1n) is 6.03. The molecule has 1 unspecified atom stereocenters. The summed E-state index contributed by atoms with van der Waals surface area (Å²) in [5.41, 5.74) is 0.337. The second-order valence-electron chi connectivity index (χ2n) is 4.21. The first-order valence-corrected chi connectivity index (χ1v) is 6.03. The highest BCUT2D eigenvalue weighted by Gasteiger charge is 2.21. The van der Waals surface area contributed by atoms with Crippen LogP contribution in [-0.2, 0) is 4.79 Å². The molecule has 6 nitrogen and oxygen atoms in total. The van der Waals surface area contributed by atoms with Crippen LogP contribution in [0.15, 0.2) is 18.3 Å². The summed E-state index contributed by atoms with van der Waals surface area (Å²) in [5.74, 6) is -1.59. The number of carbonyl (C=O) groups excluding carboxylic acids is 1. The molecule has 1 heterocycles. The molecule has 0 radical (unpaired) electrons. The lowest BCUT2D eigenvalue weighted by Crippen LogP contribution is -2.34. The van der Waals surface area contributed by atoms with Gasteiger partial charge in [-0.3, -0.25) is 9.59 Å². The number of amides is 1. The number of ether oxygens (including phenoxy) is 1. The zero-order valence-corrected chi connectivity index (χ0v) is 11.3. The molecule has 0 aliphatic heterocycles. The van der Waals surface area contributed by atoms with E-state index in [0.29, 0.717) is 12.2 Å². The summed E-state index contributed by atoms with van der Waals surface area (Å²) in [6, 6.07) is 3.26. The molecule has 1 atom stereocenters. The average molecular weight is 266 g/mol. The van der Waals surface area contributed by atoms with E-state index in [0.717, 1.165) is 0 Å². The Morgan fingerprint density at radius 1 is 1.53 bits per heavy atom. The lowest BCUT2D eigenvalue weighted by molar-refractivity contribution is -0.141. The Hall–Kier alpha value is -2.11. The fraction of sp³-hybridized carbons (Fsp3) is 0.462. The van der Waals surface area contributed by atoms with Crippen molar-refractivity contribution in [2.45, 2.75) is 13.8 Å². The van der Waals surface area contributed by atoms with Gasteiger partial charge in [-0.25, -0.2) is 4.98 Å². The molecular weight excluding hydrogens is 248 g/mol. The fourth-order valence-corrected chi connectivity index (χ4v) is 1.58. The Morgan fingerprint density at radius 3 is 2.79 bits per heavy atom. The molecule has 1 amide bonds. The molecule has 0 aliphatic rings. The zero-order valence-electron chi connectivity index (χ0n) is 11.3. The van der Waals surface area contributed by atoms with Gasteiger partial charge in [0, 0.05) is 19.8 Å². The third kappa shape index (κ3) is 3.94. The van der Waals surface area contributed by atoms with Gasteiger partial charge in [0.15, 0.2) is 0 Å². The maximum Gasteiger partial charge on any atom is 0.308 e. The van der Waals surface area contributed by atoms with E-state index < -0.39 is 11.9 Å². The van der Waals surface area contributed by atoms with Crippen molar-refractivity contribution < 1.29 is 19.4 Å². The Labute approximate surface area is 112 Å². The van der Waals surface area contributed by atoms with Crippen LogP contribution in [-0.4, -0.2) is 47.1 Å². The molecule has 104 valence electrons. The predicted molar refractivity (Wildman–Crippen MR) is 69.2 cm³/mol. The third-order valence-corrected chi connectivity index (χ3v) is 2.60. The van der Waals surface area contributed by atoms with Crippen LogP contribution >= 0.6 is 0 Å². The average Bonchev–Trinajstić information content (AvgIpc) is 2.38. The van der Waals surface area contributed by atoms with Gasteiger partial charge in [0.25, 0.3) is 5.91 Å². The van der Waals surface area contributed by atoms with Crippen LogP contribution in [0.25, 0.3) is 0 Å². The first kappa shape index (κ1) is 14.9. The van der Waals surface area contributed by atoms with Gasteiger partial charge in [-0.1, -0.05) is 6.92 Å². The molecule has 0 spiro atoms. The van der Waals surface area contributed by atoms with Crippen molar-refractivity contribution in [3.05, 3.63) is 23.9 Å². The molecule has 0 aliphatic carbocycles. The van der Waals surface area contributed by atoms with Crippen molar-refractivity contribution in [2.75, 3.05) is 20.2 Å². The minimum Gasteiger partial charge on any atom is -0.481 e. The van der Waals surface area contributed by atoms with Gasteiger partial charge in [-0.05, 0) is 19.1 Å². The standard InChI is InChI=1S/C13H18N2O4/c1-4-19-11-10(6-5-7-14-11)12(16)15(3)8-9(2)13(17)18/h5-7,9H,4,8H2,1-3H3,(H,17,18). The van der Waals surface area contributed by atoms with E-state index in [1.807, 2.05) is 0 Å². The molecule has 19 heavy (non-hydrogen) atoms. The topological polar surface area (TPSA) is 79.7 Å². The van der Waals surface area contributed by atoms with Gasteiger partial charge in [0.05, 0.1) is 12.5 Å². The summed E-state index contributed by atoms with van der Waals surface area (Å²) in [5, 5.41) is 8.85. The van der Waals surface area contributed by atoms with E-state index in [-0.39, 0.29) is 18.3 Å².